The van der Waals surface area contributed by atoms with Gasteiger partial charge in [-0.2, -0.15) is 13.2 Å². The van der Waals surface area contributed by atoms with E-state index in [0.717, 1.165) is 25.1 Å². The first-order valence-corrected chi connectivity index (χ1v) is 10.2. The Morgan fingerprint density at radius 1 is 1.22 bits per heavy atom. The Morgan fingerprint density at radius 2 is 2.00 bits per heavy atom. The molecule has 2 aliphatic rings. The average Bonchev–Trinajstić information content (AvgIpc) is 3.32. The molecule has 3 heterocycles. The highest BCUT2D eigenvalue weighted by Crippen LogP contribution is 2.49. The molecular weight excluding hydrogens is 427 g/mol. The van der Waals surface area contributed by atoms with Crippen molar-refractivity contribution in [3.8, 4) is 0 Å². The van der Waals surface area contributed by atoms with Gasteiger partial charge in [0, 0.05) is 37.1 Å². The van der Waals surface area contributed by atoms with Crippen LogP contribution in [-0.2, 0) is 16.1 Å². The van der Waals surface area contributed by atoms with Gasteiger partial charge < -0.3 is 14.7 Å². The van der Waals surface area contributed by atoms with E-state index in [1.54, 1.807) is 18.5 Å². The van der Waals surface area contributed by atoms with Crippen LogP contribution in [0.1, 0.15) is 35.3 Å². The Labute approximate surface area is 183 Å². The Bertz CT molecular complexity index is 912. The lowest BCUT2D eigenvalue weighted by molar-refractivity contribution is -0.192. The van der Waals surface area contributed by atoms with E-state index in [4.69, 9.17) is 14.6 Å². The summed E-state index contributed by atoms with van der Waals surface area (Å²) in [5, 5.41) is 7.12. The molecule has 0 aromatic carbocycles. The van der Waals surface area contributed by atoms with E-state index in [1.807, 2.05) is 35.4 Å². The molecule has 10 heteroatoms. The highest BCUT2D eigenvalue weighted by atomic mass is 19.4. The van der Waals surface area contributed by atoms with Gasteiger partial charge in [-0.25, -0.2) is 4.79 Å². The molecule has 2 atom stereocenters. The van der Waals surface area contributed by atoms with E-state index in [-0.39, 0.29) is 11.3 Å². The fourth-order valence-electron chi connectivity index (χ4n) is 4.31. The molecule has 172 valence electrons. The third kappa shape index (κ3) is 5.82. The van der Waals surface area contributed by atoms with Gasteiger partial charge >= 0.3 is 12.1 Å². The number of rotatable bonds is 5. The van der Waals surface area contributed by atoms with Crippen molar-refractivity contribution in [3.63, 3.8) is 0 Å². The largest absolute Gasteiger partial charge is 0.490 e. The molecule has 2 aromatic rings. The number of aliphatic carboxylic acids is 1. The van der Waals surface area contributed by atoms with Crippen LogP contribution in [0.4, 0.5) is 13.2 Å². The van der Waals surface area contributed by atoms with Crippen LogP contribution in [0.5, 0.6) is 0 Å². The number of carboxylic acids is 1. The maximum Gasteiger partial charge on any atom is 0.490 e. The molecule has 2 fully saturated rings. The SMILES string of the molecule is O=C(O)C(F)(F)F.O=C(c1ccccn1)N1C[C@H]2CCC[C@@]2(COCc2cccnc2)C1. The normalized spacial score (nSPS) is 22.1. The summed E-state index contributed by atoms with van der Waals surface area (Å²) in [6.07, 6.45) is 3.75. The summed E-state index contributed by atoms with van der Waals surface area (Å²) < 4.78 is 37.8. The number of fused-ring (bicyclic) bond motifs is 1. The lowest BCUT2D eigenvalue weighted by atomic mass is 9.81. The van der Waals surface area contributed by atoms with Crippen LogP contribution in [-0.4, -0.2) is 57.7 Å². The molecule has 0 unspecified atom stereocenters. The fourth-order valence-corrected chi connectivity index (χ4v) is 4.31. The third-order valence-corrected chi connectivity index (χ3v) is 5.83. The Kier molecular flexibility index (Phi) is 7.44. The first-order valence-electron chi connectivity index (χ1n) is 10.2. The molecule has 4 rings (SSSR count). The summed E-state index contributed by atoms with van der Waals surface area (Å²) in [7, 11) is 0. The molecule has 0 spiro atoms. The van der Waals surface area contributed by atoms with Crippen molar-refractivity contribution in [2.75, 3.05) is 19.7 Å². The molecule has 7 nitrogen and oxygen atoms in total. The topological polar surface area (TPSA) is 92.6 Å². The Morgan fingerprint density at radius 3 is 2.62 bits per heavy atom. The lowest BCUT2D eigenvalue weighted by Crippen LogP contribution is -2.35. The van der Waals surface area contributed by atoms with Crippen molar-refractivity contribution in [1.29, 1.82) is 0 Å². The maximum atomic E-state index is 12.7. The van der Waals surface area contributed by atoms with Gasteiger partial charge in [0.2, 0.25) is 0 Å². The minimum atomic E-state index is -5.08. The van der Waals surface area contributed by atoms with Crippen LogP contribution in [0.25, 0.3) is 0 Å². The van der Waals surface area contributed by atoms with Gasteiger partial charge in [0.25, 0.3) is 5.91 Å². The number of halogens is 3. The predicted octanol–water partition coefficient (Wildman–Crippen LogP) is 3.57. The Balaban J connectivity index is 0.000000360. The number of amides is 1. The number of hydrogen-bond acceptors (Lipinski definition) is 5. The fraction of sp³-hybridized carbons (Fsp3) is 0.455. The second-order valence-corrected chi connectivity index (χ2v) is 8.01. The van der Waals surface area contributed by atoms with Gasteiger partial charge in [0.15, 0.2) is 0 Å². The molecule has 1 amide bonds. The number of alkyl halides is 3. The number of pyridine rings is 2. The molecule has 1 saturated heterocycles. The second kappa shape index (κ2) is 10.1. The second-order valence-electron chi connectivity index (χ2n) is 8.01. The number of nitrogens with zero attached hydrogens (tertiary/aromatic N) is 3. The molecular formula is C22H24F3N3O4. The van der Waals surface area contributed by atoms with Crippen molar-refractivity contribution in [3.05, 3.63) is 60.2 Å². The van der Waals surface area contributed by atoms with E-state index < -0.39 is 12.1 Å². The Hall–Kier alpha value is -3.01. The summed E-state index contributed by atoms with van der Waals surface area (Å²) in [5.74, 6) is -2.18. The van der Waals surface area contributed by atoms with Crippen molar-refractivity contribution in [2.24, 2.45) is 11.3 Å². The average molecular weight is 451 g/mol. The van der Waals surface area contributed by atoms with Crippen LogP contribution in [0.3, 0.4) is 0 Å². The van der Waals surface area contributed by atoms with E-state index in [0.29, 0.717) is 24.8 Å². The molecule has 2 aromatic heterocycles. The van der Waals surface area contributed by atoms with Gasteiger partial charge in [0.1, 0.15) is 5.69 Å². The van der Waals surface area contributed by atoms with E-state index >= 15 is 0 Å². The quantitative estimate of drug-likeness (QED) is 0.747. The van der Waals surface area contributed by atoms with Crippen molar-refractivity contribution in [2.45, 2.75) is 32.0 Å². The number of carbonyl (C=O) groups excluding carboxylic acids is 1. The lowest BCUT2D eigenvalue weighted by Gasteiger charge is -2.28. The smallest absolute Gasteiger partial charge is 0.475 e. The minimum Gasteiger partial charge on any atom is -0.475 e. The third-order valence-electron chi connectivity index (χ3n) is 5.83. The summed E-state index contributed by atoms with van der Waals surface area (Å²) in [6.45, 7) is 2.89. The number of hydrogen-bond donors (Lipinski definition) is 1. The molecule has 0 radical (unpaired) electrons. The summed E-state index contributed by atoms with van der Waals surface area (Å²) in [6, 6.07) is 9.45. The predicted molar refractivity (Wildman–Crippen MR) is 107 cm³/mol. The van der Waals surface area contributed by atoms with E-state index in [2.05, 4.69) is 9.97 Å². The van der Waals surface area contributed by atoms with Crippen molar-refractivity contribution in [1.82, 2.24) is 14.9 Å². The zero-order chi connectivity index (χ0) is 23.2. The summed E-state index contributed by atoms with van der Waals surface area (Å²) >= 11 is 0. The molecule has 32 heavy (non-hydrogen) atoms. The highest BCUT2D eigenvalue weighted by molar-refractivity contribution is 5.92. The van der Waals surface area contributed by atoms with Crippen LogP contribution in [0.15, 0.2) is 48.9 Å². The molecule has 1 saturated carbocycles. The van der Waals surface area contributed by atoms with E-state index in [1.165, 1.54) is 12.8 Å². The van der Waals surface area contributed by atoms with Gasteiger partial charge in [-0.1, -0.05) is 18.6 Å². The zero-order valence-electron chi connectivity index (χ0n) is 17.3. The van der Waals surface area contributed by atoms with Crippen molar-refractivity contribution >= 4 is 11.9 Å². The molecule has 1 aliphatic carbocycles. The van der Waals surface area contributed by atoms with Gasteiger partial charge in [-0.15, -0.1) is 0 Å². The summed E-state index contributed by atoms with van der Waals surface area (Å²) in [4.78, 5) is 31.9. The summed E-state index contributed by atoms with van der Waals surface area (Å²) in [5.41, 5.74) is 1.73. The number of ether oxygens (including phenoxy) is 1. The zero-order valence-corrected chi connectivity index (χ0v) is 17.3. The highest BCUT2D eigenvalue weighted by Gasteiger charge is 2.50. The monoisotopic (exact) mass is 451 g/mol. The van der Waals surface area contributed by atoms with Crippen molar-refractivity contribution < 1.29 is 32.6 Å². The molecule has 1 aliphatic heterocycles. The molecule has 0 bridgehead atoms. The standard InChI is InChI=1S/C20H23N3O2.C2HF3O2/c24-19(18-7-1-2-10-22-18)23-12-17-6-3-8-20(17,14-23)15-25-13-16-5-4-9-21-11-16;3-2(4,5)1(6)7/h1-2,4-5,7,9-11,17H,3,6,8,12-15H2;(H,6,7)/t17-,20+;/m1./s1. The van der Waals surface area contributed by atoms with Gasteiger partial charge in [0.05, 0.1) is 13.2 Å². The molecule has 1 N–H and O–H groups in total. The number of aromatic nitrogens is 2. The number of carbonyl (C=O) groups is 2. The van der Waals surface area contributed by atoms with Gasteiger partial charge in [-0.3, -0.25) is 14.8 Å². The van der Waals surface area contributed by atoms with Crippen LogP contribution < -0.4 is 0 Å². The minimum absolute atomic E-state index is 0.0432. The number of carboxylic acid groups (broad SMARTS) is 1. The van der Waals surface area contributed by atoms with Gasteiger partial charge in [-0.05, 0) is 42.5 Å². The van der Waals surface area contributed by atoms with Crippen LogP contribution in [0.2, 0.25) is 0 Å². The van der Waals surface area contributed by atoms with Crippen LogP contribution >= 0.6 is 0 Å². The van der Waals surface area contributed by atoms with E-state index in [9.17, 15) is 18.0 Å². The first-order chi connectivity index (χ1) is 15.2. The first kappa shape index (κ1) is 23.6. The maximum absolute atomic E-state index is 12.7. The number of likely N-dealkylation sites (tertiary alicyclic amines) is 1. The van der Waals surface area contributed by atoms with Crippen LogP contribution in [0, 0.1) is 11.3 Å².